The Bertz CT molecular complexity index is 771. The number of hydrogen-bond acceptors (Lipinski definition) is 4. The Morgan fingerprint density at radius 1 is 1.11 bits per heavy atom. The zero-order valence-electron chi connectivity index (χ0n) is 16.9. The summed E-state index contributed by atoms with van der Waals surface area (Å²) in [5.74, 6) is 0.814. The molecule has 1 aliphatic rings. The fourth-order valence-electron chi connectivity index (χ4n) is 3.24. The largest absolute Gasteiger partial charge is 0.379 e. The van der Waals surface area contributed by atoms with Crippen LogP contribution >= 0.6 is 0 Å². The number of nitrogens with one attached hydrogen (secondary N) is 2. The standard InChI is InChI=1S/C22H31N5O/c1-3-23-22(26-16-21-18(2)7-6-10-24-21)25-15-19-8-4-5-9-20(19)17-27-11-13-28-14-12-27/h4-10H,3,11-17H2,1-2H3,(H2,23,25,26). The van der Waals surface area contributed by atoms with Gasteiger partial charge in [0.1, 0.15) is 0 Å². The molecule has 1 fully saturated rings. The topological polar surface area (TPSA) is 61.8 Å². The summed E-state index contributed by atoms with van der Waals surface area (Å²) >= 11 is 0. The Kier molecular flexibility index (Phi) is 7.82. The molecular weight excluding hydrogens is 350 g/mol. The van der Waals surface area contributed by atoms with Crippen LogP contribution in [0.25, 0.3) is 0 Å². The fourth-order valence-corrected chi connectivity index (χ4v) is 3.24. The van der Waals surface area contributed by atoms with Crippen molar-refractivity contribution in [3.8, 4) is 0 Å². The van der Waals surface area contributed by atoms with E-state index in [0.717, 1.165) is 51.0 Å². The molecule has 2 heterocycles. The van der Waals surface area contributed by atoms with Gasteiger partial charge in [0.25, 0.3) is 0 Å². The number of nitrogens with zero attached hydrogens (tertiary/aromatic N) is 3. The van der Waals surface area contributed by atoms with E-state index in [2.05, 4.69) is 64.7 Å². The van der Waals surface area contributed by atoms with Crippen molar-refractivity contribution in [1.82, 2.24) is 20.5 Å². The molecule has 0 amide bonds. The van der Waals surface area contributed by atoms with E-state index >= 15 is 0 Å². The molecule has 1 saturated heterocycles. The van der Waals surface area contributed by atoms with E-state index in [1.165, 1.54) is 16.7 Å². The van der Waals surface area contributed by atoms with E-state index in [1.807, 2.05) is 12.3 Å². The Hall–Kier alpha value is -2.44. The molecule has 6 nitrogen and oxygen atoms in total. The lowest BCUT2D eigenvalue weighted by Crippen LogP contribution is -2.37. The molecule has 0 aliphatic carbocycles. The molecule has 28 heavy (non-hydrogen) atoms. The van der Waals surface area contributed by atoms with Crippen molar-refractivity contribution in [2.24, 2.45) is 4.99 Å². The number of rotatable bonds is 7. The van der Waals surface area contributed by atoms with Gasteiger partial charge < -0.3 is 15.4 Å². The summed E-state index contributed by atoms with van der Waals surface area (Å²) in [6.45, 7) is 10.9. The summed E-state index contributed by atoms with van der Waals surface area (Å²) in [6.07, 6.45) is 1.83. The quantitative estimate of drug-likeness (QED) is 0.570. The van der Waals surface area contributed by atoms with Gasteiger partial charge in [-0.2, -0.15) is 0 Å². The van der Waals surface area contributed by atoms with E-state index in [1.54, 1.807) is 0 Å². The van der Waals surface area contributed by atoms with Gasteiger partial charge in [-0.25, -0.2) is 4.99 Å². The fraction of sp³-hybridized carbons (Fsp3) is 0.455. The normalized spacial score (nSPS) is 15.4. The van der Waals surface area contributed by atoms with Crippen molar-refractivity contribution in [2.45, 2.75) is 33.5 Å². The first-order valence-electron chi connectivity index (χ1n) is 10.1. The minimum Gasteiger partial charge on any atom is -0.379 e. The molecule has 1 aromatic heterocycles. The maximum absolute atomic E-state index is 5.46. The smallest absolute Gasteiger partial charge is 0.191 e. The molecule has 0 atom stereocenters. The predicted molar refractivity (Wildman–Crippen MR) is 113 cm³/mol. The highest BCUT2D eigenvalue weighted by atomic mass is 16.5. The number of ether oxygens (including phenoxy) is 1. The highest BCUT2D eigenvalue weighted by Gasteiger charge is 2.12. The first kappa shape index (κ1) is 20.3. The van der Waals surface area contributed by atoms with E-state index in [4.69, 9.17) is 9.73 Å². The van der Waals surface area contributed by atoms with Crippen LogP contribution in [0.3, 0.4) is 0 Å². The van der Waals surface area contributed by atoms with Crippen LogP contribution in [0.5, 0.6) is 0 Å². The number of aliphatic imine (C=N–C) groups is 1. The first-order valence-corrected chi connectivity index (χ1v) is 10.1. The number of pyridine rings is 1. The summed E-state index contributed by atoms with van der Waals surface area (Å²) in [7, 11) is 0. The van der Waals surface area contributed by atoms with Crippen LogP contribution in [0.4, 0.5) is 0 Å². The van der Waals surface area contributed by atoms with Crippen LogP contribution in [0.15, 0.2) is 47.6 Å². The summed E-state index contributed by atoms with van der Waals surface area (Å²) in [6, 6.07) is 12.6. The van der Waals surface area contributed by atoms with Crippen molar-refractivity contribution >= 4 is 5.96 Å². The zero-order chi connectivity index (χ0) is 19.6. The summed E-state index contributed by atoms with van der Waals surface area (Å²) < 4.78 is 5.46. The minimum atomic E-state index is 0.650. The number of aromatic nitrogens is 1. The van der Waals surface area contributed by atoms with Crippen molar-refractivity contribution in [3.05, 3.63) is 65.0 Å². The van der Waals surface area contributed by atoms with E-state index in [0.29, 0.717) is 13.1 Å². The van der Waals surface area contributed by atoms with Crippen LogP contribution in [0.1, 0.15) is 29.3 Å². The lowest BCUT2D eigenvalue weighted by Gasteiger charge is -2.27. The third kappa shape index (κ3) is 6.04. The van der Waals surface area contributed by atoms with Gasteiger partial charge in [-0.1, -0.05) is 30.3 Å². The average molecular weight is 382 g/mol. The Labute approximate surface area is 168 Å². The second-order valence-electron chi connectivity index (χ2n) is 6.97. The molecule has 0 saturated carbocycles. The van der Waals surface area contributed by atoms with Crippen molar-refractivity contribution in [2.75, 3.05) is 32.8 Å². The lowest BCUT2D eigenvalue weighted by molar-refractivity contribution is 0.0341. The van der Waals surface area contributed by atoms with Gasteiger partial charge in [-0.05, 0) is 36.6 Å². The molecular formula is C22H31N5O. The molecule has 1 aromatic carbocycles. The molecule has 0 bridgehead atoms. The van der Waals surface area contributed by atoms with Crippen molar-refractivity contribution < 1.29 is 4.74 Å². The SMILES string of the molecule is CCNC(=NCc1ccccc1CN1CCOCC1)NCc1ncccc1C. The molecule has 0 spiro atoms. The van der Waals surface area contributed by atoms with Crippen molar-refractivity contribution in [3.63, 3.8) is 0 Å². The van der Waals surface area contributed by atoms with E-state index < -0.39 is 0 Å². The van der Waals surface area contributed by atoms with Crippen LogP contribution < -0.4 is 10.6 Å². The number of hydrogen-bond donors (Lipinski definition) is 2. The van der Waals surface area contributed by atoms with Crippen LogP contribution in [-0.4, -0.2) is 48.7 Å². The number of morpholine rings is 1. The third-order valence-electron chi connectivity index (χ3n) is 4.91. The second kappa shape index (κ2) is 10.8. The molecule has 2 aromatic rings. The second-order valence-corrected chi connectivity index (χ2v) is 6.97. The maximum atomic E-state index is 5.46. The van der Waals surface area contributed by atoms with Gasteiger partial charge in [0, 0.05) is 32.4 Å². The van der Waals surface area contributed by atoms with Crippen molar-refractivity contribution in [1.29, 1.82) is 0 Å². The van der Waals surface area contributed by atoms with Gasteiger partial charge in [-0.15, -0.1) is 0 Å². The van der Waals surface area contributed by atoms with Gasteiger partial charge in [-0.3, -0.25) is 9.88 Å². The third-order valence-corrected chi connectivity index (χ3v) is 4.91. The van der Waals surface area contributed by atoms with Gasteiger partial charge >= 0.3 is 0 Å². The maximum Gasteiger partial charge on any atom is 0.191 e. The molecule has 1 aliphatic heterocycles. The van der Waals surface area contributed by atoms with E-state index in [9.17, 15) is 0 Å². The molecule has 150 valence electrons. The van der Waals surface area contributed by atoms with Gasteiger partial charge in [0.15, 0.2) is 5.96 Å². The average Bonchev–Trinajstić information content (AvgIpc) is 2.73. The number of aryl methyl sites for hydroxylation is 1. The lowest BCUT2D eigenvalue weighted by atomic mass is 10.1. The highest BCUT2D eigenvalue weighted by molar-refractivity contribution is 5.79. The molecule has 2 N–H and O–H groups in total. The number of benzene rings is 1. The monoisotopic (exact) mass is 381 g/mol. The Morgan fingerprint density at radius 3 is 2.64 bits per heavy atom. The predicted octanol–water partition coefficient (Wildman–Crippen LogP) is 2.48. The summed E-state index contributed by atoms with van der Waals surface area (Å²) in [5.41, 5.74) is 4.83. The zero-order valence-corrected chi connectivity index (χ0v) is 16.9. The summed E-state index contributed by atoms with van der Waals surface area (Å²) in [5, 5.41) is 6.73. The van der Waals surface area contributed by atoms with Crippen LogP contribution in [-0.2, 0) is 24.4 Å². The molecule has 0 unspecified atom stereocenters. The van der Waals surface area contributed by atoms with E-state index in [-0.39, 0.29) is 0 Å². The molecule has 0 radical (unpaired) electrons. The first-order chi connectivity index (χ1) is 13.8. The van der Waals surface area contributed by atoms with Crippen LogP contribution in [0.2, 0.25) is 0 Å². The minimum absolute atomic E-state index is 0.650. The highest BCUT2D eigenvalue weighted by Crippen LogP contribution is 2.14. The van der Waals surface area contributed by atoms with Crippen LogP contribution in [0, 0.1) is 6.92 Å². The Morgan fingerprint density at radius 2 is 1.89 bits per heavy atom. The number of guanidine groups is 1. The summed E-state index contributed by atoms with van der Waals surface area (Å²) in [4.78, 5) is 11.7. The van der Waals surface area contributed by atoms with Gasteiger partial charge in [0.05, 0.1) is 32.0 Å². The molecule has 3 rings (SSSR count). The Balaban J connectivity index is 1.64. The molecule has 6 heteroatoms. The van der Waals surface area contributed by atoms with Gasteiger partial charge in [0.2, 0.25) is 0 Å².